The Morgan fingerprint density at radius 3 is 2.50 bits per heavy atom. The number of amides is 4. The van der Waals surface area contributed by atoms with Gasteiger partial charge in [0, 0.05) is 19.1 Å². The van der Waals surface area contributed by atoms with E-state index < -0.39 is 11.6 Å². The molecule has 2 N–H and O–H groups in total. The number of nitrogens with zero attached hydrogens (tertiary/aromatic N) is 3. The third-order valence-corrected chi connectivity index (χ3v) is 7.72. The Labute approximate surface area is 198 Å². The van der Waals surface area contributed by atoms with Crippen LogP contribution in [-0.2, 0) is 9.59 Å². The number of fused-ring (bicyclic) bond motifs is 1. The van der Waals surface area contributed by atoms with Crippen molar-refractivity contribution in [2.45, 2.75) is 64.5 Å². The zero-order chi connectivity index (χ0) is 24.3. The first kappa shape index (κ1) is 22.7. The van der Waals surface area contributed by atoms with E-state index in [4.69, 9.17) is 0 Å². The van der Waals surface area contributed by atoms with Crippen LogP contribution in [-0.4, -0.2) is 62.4 Å². The number of imide groups is 1. The third-order valence-electron chi connectivity index (χ3n) is 7.72. The summed E-state index contributed by atoms with van der Waals surface area (Å²) in [6.45, 7) is 7.09. The second kappa shape index (κ2) is 7.99. The molecule has 1 aromatic heterocycles. The Kier molecular flexibility index (Phi) is 5.33. The molecular weight excluding hydrogens is 434 g/mol. The van der Waals surface area contributed by atoms with Crippen LogP contribution in [0.1, 0.15) is 58.9 Å². The van der Waals surface area contributed by atoms with E-state index in [1.54, 1.807) is 9.47 Å². The highest BCUT2D eigenvalue weighted by Gasteiger charge is 2.56. The predicted molar refractivity (Wildman–Crippen MR) is 127 cm³/mol. The summed E-state index contributed by atoms with van der Waals surface area (Å²) >= 11 is 0. The molecule has 0 bridgehead atoms. The Morgan fingerprint density at radius 2 is 1.79 bits per heavy atom. The number of urea groups is 1. The largest absolute Gasteiger partial charge is 0.341 e. The van der Waals surface area contributed by atoms with Gasteiger partial charge < -0.3 is 15.2 Å². The molecule has 3 fully saturated rings. The van der Waals surface area contributed by atoms with Crippen LogP contribution in [0.15, 0.2) is 29.1 Å². The molecule has 182 valence electrons. The van der Waals surface area contributed by atoms with Crippen LogP contribution in [0.3, 0.4) is 0 Å². The van der Waals surface area contributed by atoms with Crippen molar-refractivity contribution in [3.63, 3.8) is 0 Å². The van der Waals surface area contributed by atoms with Gasteiger partial charge in [0.25, 0.3) is 5.91 Å². The number of likely N-dealkylation sites (tertiary alicyclic amines) is 1. The lowest BCUT2D eigenvalue weighted by atomic mass is 9.64. The van der Waals surface area contributed by atoms with Crippen molar-refractivity contribution in [1.29, 1.82) is 0 Å². The minimum atomic E-state index is -0.901. The van der Waals surface area contributed by atoms with Gasteiger partial charge >= 0.3 is 11.7 Å². The highest BCUT2D eigenvalue weighted by atomic mass is 16.2. The topological polar surface area (TPSA) is 108 Å². The molecule has 1 spiro atoms. The normalized spacial score (nSPS) is 27.6. The number of hydrogen-bond donors (Lipinski definition) is 2. The van der Waals surface area contributed by atoms with Crippen LogP contribution in [0.5, 0.6) is 0 Å². The summed E-state index contributed by atoms with van der Waals surface area (Å²) in [6, 6.07) is 7.13. The van der Waals surface area contributed by atoms with E-state index in [-0.39, 0.29) is 35.5 Å². The molecule has 3 heterocycles. The highest BCUT2D eigenvalue weighted by Crippen LogP contribution is 2.46. The number of benzene rings is 1. The molecule has 2 aliphatic heterocycles. The molecule has 1 aliphatic carbocycles. The minimum Gasteiger partial charge on any atom is -0.341 e. The Balaban J connectivity index is 1.24. The molecule has 2 unspecified atom stereocenters. The molecular formula is C25H33N5O4. The van der Waals surface area contributed by atoms with Gasteiger partial charge in [0.2, 0.25) is 5.91 Å². The molecule has 34 heavy (non-hydrogen) atoms. The standard InChI is InChI=1S/C25H33N5O4/c1-16-12-24(2,3)15-25(13-16)21(32)29(23(34)27-25)14-20(31)28-10-8-17(9-11-28)30-19-7-5-4-6-18(19)26-22(30)33/h4-7,16-17H,8-15H2,1-3H3,(H,26,33)(H,27,34). The number of aromatic amines is 1. The van der Waals surface area contributed by atoms with Gasteiger partial charge in [-0.1, -0.05) is 32.9 Å². The van der Waals surface area contributed by atoms with Gasteiger partial charge in [-0.15, -0.1) is 0 Å². The maximum absolute atomic E-state index is 13.3. The molecule has 2 saturated heterocycles. The van der Waals surface area contributed by atoms with Gasteiger partial charge in [0.05, 0.1) is 11.0 Å². The van der Waals surface area contributed by atoms with Crippen LogP contribution in [0.4, 0.5) is 4.79 Å². The van der Waals surface area contributed by atoms with Crippen molar-refractivity contribution < 1.29 is 14.4 Å². The number of aromatic nitrogens is 2. The molecule has 0 radical (unpaired) electrons. The Morgan fingerprint density at radius 1 is 1.09 bits per heavy atom. The molecule has 3 aliphatic rings. The van der Waals surface area contributed by atoms with Crippen LogP contribution < -0.4 is 11.0 Å². The van der Waals surface area contributed by atoms with Gasteiger partial charge in [-0.25, -0.2) is 9.59 Å². The van der Waals surface area contributed by atoms with E-state index in [1.807, 2.05) is 24.3 Å². The number of imidazole rings is 1. The van der Waals surface area contributed by atoms with Crippen molar-refractivity contribution in [2.75, 3.05) is 19.6 Å². The van der Waals surface area contributed by atoms with Crippen LogP contribution in [0.2, 0.25) is 0 Å². The van der Waals surface area contributed by atoms with E-state index in [1.165, 1.54) is 0 Å². The molecule has 5 rings (SSSR count). The third kappa shape index (κ3) is 3.80. The average molecular weight is 468 g/mol. The number of rotatable bonds is 3. The first-order valence-corrected chi connectivity index (χ1v) is 12.2. The van der Waals surface area contributed by atoms with E-state index in [9.17, 15) is 19.2 Å². The molecule has 2 atom stereocenters. The van der Waals surface area contributed by atoms with E-state index in [0.717, 1.165) is 22.4 Å². The maximum Gasteiger partial charge on any atom is 0.326 e. The Hall–Kier alpha value is -3.10. The number of H-pyrrole nitrogens is 1. The van der Waals surface area contributed by atoms with E-state index in [0.29, 0.717) is 44.7 Å². The highest BCUT2D eigenvalue weighted by molar-refractivity contribution is 6.09. The average Bonchev–Trinajstić information content (AvgIpc) is 3.20. The fourth-order valence-corrected chi connectivity index (χ4v) is 6.70. The summed E-state index contributed by atoms with van der Waals surface area (Å²) in [5.41, 5.74) is 0.580. The monoisotopic (exact) mass is 467 g/mol. The Bertz CT molecular complexity index is 1210. The van der Waals surface area contributed by atoms with Gasteiger partial charge in [-0.05, 0) is 55.6 Å². The first-order valence-electron chi connectivity index (χ1n) is 12.2. The number of hydrogen-bond acceptors (Lipinski definition) is 4. The predicted octanol–water partition coefficient (Wildman–Crippen LogP) is 2.63. The maximum atomic E-state index is 13.3. The van der Waals surface area contributed by atoms with Crippen molar-refractivity contribution in [1.82, 2.24) is 24.7 Å². The summed E-state index contributed by atoms with van der Waals surface area (Å²) < 4.78 is 1.78. The lowest BCUT2D eigenvalue weighted by Gasteiger charge is -2.43. The molecule has 1 saturated carbocycles. The van der Waals surface area contributed by atoms with Crippen molar-refractivity contribution in [2.24, 2.45) is 11.3 Å². The number of carbonyl (C=O) groups is 3. The first-order chi connectivity index (χ1) is 16.1. The zero-order valence-electron chi connectivity index (χ0n) is 20.1. The molecule has 1 aromatic carbocycles. The zero-order valence-corrected chi connectivity index (χ0v) is 20.1. The second-order valence-corrected chi connectivity index (χ2v) is 11.2. The summed E-state index contributed by atoms with van der Waals surface area (Å²) in [5.74, 6) is -0.185. The van der Waals surface area contributed by atoms with Crippen LogP contribution in [0, 0.1) is 11.3 Å². The van der Waals surface area contributed by atoms with Crippen molar-refractivity contribution in [3.05, 3.63) is 34.7 Å². The second-order valence-electron chi connectivity index (χ2n) is 11.2. The summed E-state index contributed by atoms with van der Waals surface area (Å²) in [6.07, 6.45) is 3.48. The molecule has 9 heteroatoms. The van der Waals surface area contributed by atoms with E-state index >= 15 is 0 Å². The van der Waals surface area contributed by atoms with Crippen molar-refractivity contribution in [3.8, 4) is 0 Å². The number of nitrogens with one attached hydrogen (secondary N) is 2. The fourth-order valence-electron chi connectivity index (χ4n) is 6.70. The molecule has 2 aromatic rings. The molecule has 9 nitrogen and oxygen atoms in total. The lowest BCUT2D eigenvalue weighted by molar-refractivity contribution is -0.141. The minimum absolute atomic E-state index is 0.00126. The van der Waals surface area contributed by atoms with Gasteiger partial charge in [0.15, 0.2) is 0 Å². The SMILES string of the molecule is CC1CC(C)(C)CC2(C1)NC(=O)N(CC(=O)N1CCC(n3c(=O)[nH]c4ccccc43)CC1)C2=O. The van der Waals surface area contributed by atoms with Crippen LogP contribution in [0.25, 0.3) is 11.0 Å². The van der Waals surface area contributed by atoms with Gasteiger partial charge in [-0.3, -0.25) is 19.1 Å². The van der Waals surface area contributed by atoms with Gasteiger partial charge in [-0.2, -0.15) is 0 Å². The van der Waals surface area contributed by atoms with Crippen molar-refractivity contribution >= 4 is 28.9 Å². The molecule has 4 amide bonds. The smallest absolute Gasteiger partial charge is 0.326 e. The number of carbonyl (C=O) groups excluding carboxylic acids is 3. The summed E-state index contributed by atoms with van der Waals surface area (Å²) in [5, 5.41) is 2.94. The summed E-state index contributed by atoms with van der Waals surface area (Å²) in [4.78, 5) is 57.4. The quantitative estimate of drug-likeness (QED) is 0.677. The van der Waals surface area contributed by atoms with Crippen LogP contribution >= 0.6 is 0 Å². The van der Waals surface area contributed by atoms with Gasteiger partial charge in [0.1, 0.15) is 12.1 Å². The van der Waals surface area contributed by atoms with E-state index in [2.05, 4.69) is 31.1 Å². The number of piperidine rings is 1. The number of para-hydroxylation sites is 2. The lowest BCUT2D eigenvalue weighted by Crippen LogP contribution is -2.54. The fraction of sp³-hybridized carbons (Fsp3) is 0.600. The summed E-state index contributed by atoms with van der Waals surface area (Å²) in [7, 11) is 0.